The molecular weight excluding hydrogens is 228 g/mol. The van der Waals surface area contributed by atoms with Crippen molar-refractivity contribution in [1.82, 2.24) is 0 Å². The summed E-state index contributed by atoms with van der Waals surface area (Å²) in [6.45, 7) is 2.16. The summed E-state index contributed by atoms with van der Waals surface area (Å²) >= 11 is -0.900. The summed E-state index contributed by atoms with van der Waals surface area (Å²) in [5.74, 6) is 0. The van der Waals surface area contributed by atoms with Gasteiger partial charge in [0.05, 0.1) is 0 Å². The molecule has 0 aromatic heterocycles. The Morgan fingerprint density at radius 1 is 1.00 bits per heavy atom. The monoisotopic (exact) mass is 244 g/mol. The first-order chi connectivity index (χ1) is 8.20. The molecule has 0 amide bonds. The third kappa shape index (κ3) is 2.90. The van der Waals surface area contributed by atoms with E-state index in [1.165, 1.54) is 16.7 Å². The zero-order chi connectivity index (χ0) is 12.3. The first-order valence-electron chi connectivity index (χ1n) is 5.73. The second-order valence-electron chi connectivity index (χ2n) is 4.03. The highest BCUT2D eigenvalue weighted by molar-refractivity contribution is 7.90. The van der Waals surface area contributed by atoms with Gasteiger partial charge >= 0.3 is 0 Å². The maximum absolute atomic E-state index is 11.3. The highest BCUT2D eigenvalue weighted by atomic mass is 32.2. The van der Waals surface area contributed by atoms with E-state index >= 15 is 0 Å². The van der Waals surface area contributed by atoms with Crippen LogP contribution < -0.4 is 0 Å². The summed E-state index contributed by atoms with van der Waals surface area (Å²) < 4.78 is 11.3. The molecule has 2 aromatic rings. The van der Waals surface area contributed by atoms with Crippen LogP contribution >= 0.6 is 0 Å². The highest BCUT2D eigenvalue weighted by Crippen LogP contribution is 2.22. The van der Waals surface area contributed by atoms with Crippen LogP contribution in [0.2, 0.25) is 0 Å². The van der Waals surface area contributed by atoms with Gasteiger partial charge in [0.2, 0.25) is 0 Å². The molecule has 1 nitrogen and oxygen atoms in total. The molecule has 0 N–H and O–H groups in total. The lowest BCUT2D eigenvalue weighted by atomic mass is 10.0. The summed E-state index contributed by atoms with van der Waals surface area (Å²) in [6, 6.07) is 16.5. The Morgan fingerprint density at radius 2 is 1.71 bits per heavy atom. The zero-order valence-corrected chi connectivity index (χ0v) is 11.0. The first kappa shape index (κ1) is 12.2. The van der Waals surface area contributed by atoms with Crippen LogP contribution in [-0.2, 0) is 17.6 Å². The van der Waals surface area contributed by atoms with Crippen molar-refractivity contribution in [2.45, 2.75) is 18.2 Å². The molecule has 0 aliphatic heterocycles. The molecule has 2 aromatic carbocycles. The Kier molecular flexibility index (Phi) is 3.87. The molecule has 0 fully saturated rings. The van der Waals surface area contributed by atoms with Crippen LogP contribution in [0.5, 0.6) is 0 Å². The molecular formula is C15H16OS. The lowest BCUT2D eigenvalue weighted by molar-refractivity contribution is 0.601. The lowest BCUT2D eigenvalue weighted by Gasteiger charge is -2.07. The molecule has 2 heteroatoms. The van der Waals surface area contributed by atoms with Crippen LogP contribution in [-0.4, -0.2) is 10.8 Å². The number of rotatable bonds is 3. The average Bonchev–Trinajstić information content (AvgIpc) is 2.39. The Bertz CT molecular complexity index is 489. The van der Waals surface area contributed by atoms with Crippen molar-refractivity contribution in [3.63, 3.8) is 0 Å². The maximum atomic E-state index is 11.3. The van der Waals surface area contributed by atoms with Crippen LogP contribution in [0.4, 0.5) is 0 Å². The van der Waals surface area contributed by atoms with Gasteiger partial charge < -0.3 is 4.55 Å². The number of hydrogen-bond acceptors (Lipinski definition) is 1. The Hall–Kier alpha value is -1.25. The SMILES string of the molecule is CCc1cccc(-c2ccc([S+](C)[O-])cc2)c1. The van der Waals surface area contributed by atoms with Crippen molar-refractivity contribution in [3.05, 3.63) is 54.1 Å². The summed E-state index contributed by atoms with van der Waals surface area (Å²) in [4.78, 5) is 0.875. The second-order valence-corrected chi connectivity index (χ2v) is 5.41. The van der Waals surface area contributed by atoms with Crippen LogP contribution in [0.3, 0.4) is 0 Å². The fraction of sp³-hybridized carbons (Fsp3) is 0.200. The standard InChI is InChI=1S/C15H16OS/c1-3-12-5-4-6-14(11-12)13-7-9-15(10-8-13)17(2)16/h4-11H,3H2,1-2H3. The molecule has 88 valence electrons. The molecule has 0 saturated carbocycles. The van der Waals surface area contributed by atoms with Crippen molar-refractivity contribution in [2.75, 3.05) is 6.26 Å². The van der Waals surface area contributed by atoms with E-state index in [2.05, 4.69) is 31.2 Å². The van der Waals surface area contributed by atoms with Gasteiger partial charge in [0, 0.05) is 0 Å². The van der Waals surface area contributed by atoms with Gasteiger partial charge in [-0.3, -0.25) is 0 Å². The Balaban J connectivity index is 2.32. The summed E-state index contributed by atoms with van der Waals surface area (Å²) in [5, 5.41) is 0. The summed E-state index contributed by atoms with van der Waals surface area (Å²) in [7, 11) is 0. The second kappa shape index (κ2) is 5.39. The maximum Gasteiger partial charge on any atom is 0.152 e. The third-order valence-electron chi connectivity index (χ3n) is 2.85. The van der Waals surface area contributed by atoms with Crippen molar-refractivity contribution in [1.29, 1.82) is 0 Å². The van der Waals surface area contributed by atoms with Gasteiger partial charge in [-0.05, 0) is 58.6 Å². The molecule has 0 saturated heterocycles. The van der Waals surface area contributed by atoms with Crippen LogP contribution in [0.25, 0.3) is 11.1 Å². The highest BCUT2D eigenvalue weighted by Gasteiger charge is 2.04. The van der Waals surface area contributed by atoms with E-state index in [4.69, 9.17) is 0 Å². The van der Waals surface area contributed by atoms with Crippen molar-refractivity contribution in [2.24, 2.45) is 0 Å². The van der Waals surface area contributed by atoms with Crippen molar-refractivity contribution >= 4 is 11.2 Å². The van der Waals surface area contributed by atoms with Crippen LogP contribution in [0.15, 0.2) is 53.4 Å². The minimum atomic E-state index is -0.900. The molecule has 0 radical (unpaired) electrons. The molecule has 1 atom stereocenters. The van der Waals surface area contributed by atoms with E-state index < -0.39 is 11.2 Å². The minimum Gasteiger partial charge on any atom is -0.612 e. The molecule has 1 unspecified atom stereocenters. The normalized spacial score (nSPS) is 12.4. The number of aryl methyl sites for hydroxylation is 1. The molecule has 0 aliphatic carbocycles. The first-order valence-corrected chi connectivity index (χ1v) is 7.29. The van der Waals surface area contributed by atoms with Crippen molar-refractivity contribution in [3.8, 4) is 11.1 Å². The lowest BCUT2D eigenvalue weighted by Crippen LogP contribution is -1.96. The van der Waals surface area contributed by atoms with Gasteiger partial charge in [-0.15, -0.1) is 0 Å². The molecule has 0 bridgehead atoms. The number of benzene rings is 2. The summed E-state index contributed by atoms with van der Waals surface area (Å²) in [6.07, 6.45) is 2.75. The Labute approximate surface area is 106 Å². The van der Waals surface area contributed by atoms with Gasteiger partial charge in [0.1, 0.15) is 6.26 Å². The fourth-order valence-electron chi connectivity index (χ4n) is 1.81. The molecule has 0 spiro atoms. The quantitative estimate of drug-likeness (QED) is 0.756. The molecule has 2 rings (SSSR count). The number of hydrogen-bond donors (Lipinski definition) is 0. The van der Waals surface area contributed by atoms with Crippen molar-refractivity contribution < 1.29 is 4.55 Å². The zero-order valence-electron chi connectivity index (χ0n) is 10.1. The smallest absolute Gasteiger partial charge is 0.152 e. The van der Waals surface area contributed by atoms with E-state index in [-0.39, 0.29) is 0 Å². The average molecular weight is 244 g/mol. The third-order valence-corrected chi connectivity index (χ3v) is 3.79. The van der Waals surface area contributed by atoms with Gasteiger partial charge in [0.15, 0.2) is 4.90 Å². The largest absolute Gasteiger partial charge is 0.612 e. The van der Waals surface area contributed by atoms with E-state index in [9.17, 15) is 4.55 Å². The van der Waals surface area contributed by atoms with E-state index in [0.717, 1.165) is 11.3 Å². The van der Waals surface area contributed by atoms with Gasteiger partial charge in [-0.25, -0.2) is 0 Å². The molecule has 17 heavy (non-hydrogen) atoms. The minimum absolute atomic E-state index is 0.875. The van der Waals surface area contributed by atoms with E-state index in [1.807, 2.05) is 24.3 Å². The van der Waals surface area contributed by atoms with Crippen LogP contribution in [0, 0.1) is 0 Å². The predicted octanol–water partition coefficient (Wildman–Crippen LogP) is 3.65. The van der Waals surface area contributed by atoms with Crippen LogP contribution in [0.1, 0.15) is 12.5 Å². The van der Waals surface area contributed by atoms with E-state index in [0.29, 0.717) is 0 Å². The van der Waals surface area contributed by atoms with Gasteiger partial charge in [-0.2, -0.15) is 0 Å². The van der Waals surface area contributed by atoms with Gasteiger partial charge in [-0.1, -0.05) is 31.2 Å². The summed E-state index contributed by atoms with van der Waals surface area (Å²) in [5.41, 5.74) is 3.73. The topological polar surface area (TPSA) is 23.1 Å². The Morgan fingerprint density at radius 3 is 2.29 bits per heavy atom. The van der Waals surface area contributed by atoms with Gasteiger partial charge in [0.25, 0.3) is 0 Å². The predicted molar refractivity (Wildman–Crippen MR) is 73.6 cm³/mol. The molecule has 0 heterocycles. The molecule has 0 aliphatic rings. The van der Waals surface area contributed by atoms with E-state index in [1.54, 1.807) is 6.26 Å². The fourth-order valence-corrected chi connectivity index (χ4v) is 2.33.